The zero-order chi connectivity index (χ0) is 20.4. The fraction of sp³-hybridized carbons (Fsp3) is 0.333. The Balaban J connectivity index is 1.39. The van der Waals surface area contributed by atoms with Crippen molar-refractivity contribution < 1.29 is 4.79 Å². The molecule has 29 heavy (non-hydrogen) atoms. The van der Waals surface area contributed by atoms with Crippen molar-refractivity contribution >= 4 is 17.5 Å². The quantitative estimate of drug-likeness (QED) is 0.700. The number of nitrogens with zero attached hydrogens (tertiary/aromatic N) is 5. The van der Waals surface area contributed by atoms with E-state index in [1.54, 1.807) is 16.8 Å². The van der Waals surface area contributed by atoms with Crippen LogP contribution in [0.1, 0.15) is 41.6 Å². The molecule has 8 heteroatoms. The van der Waals surface area contributed by atoms with Gasteiger partial charge in [-0.25, -0.2) is 4.98 Å². The second-order valence-electron chi connectivity index (χ2n) is 7.30. The average molecular weight is 409 g/mol. The van der Waals surface area contributed by atoms with Crippen molar-refractivity contribution in [2.75, 3.05) is 0 Å². The molecule has 148 valence electrons. The first-order valence-electron chi connectivity index (χ1n) is 9.64. The lowest BCUT2D eigenvalue weighted by atomic mass is 10.1. The van der Waals surface area contributed by atoms with Crippen molar-refractivity contribution in [3.05, 3.63) is 58.8 Å². The molecule has 1 unspecified atom stereocenters. The van der Waals surface area contributed by atoms with E-state index in [1.165, 1.54) is 0 Å². The van der Waals surface area contributed by atoms with E-state index >= 15 is 0 Å². The van der Waals surface area contributed by atoms with Crippen molar-refractivity contribution in [3.63, 3.8) is 0 Å². The number of rotatable bonds is 5. The first-order valence-corrected chi connectivity index (χ1v) is 10.0. The molecule has 0 radical (unpaired) electrons. The first kappa shape index (κ1) is 19.2. The van der Waals surface area contributed by atoms with Crippen molar-refractivity contribution in [2.24, 2.45) is 0 Å². The molecule has 4 rings (SSSR count). The smallest absolute Gasteiger partial charge is 0.271 e. The topological polar surface area (TPSA) is 88.5 Å². The molecule has 0 bridgehead atoms. The van der Waals surface area contributed by atoms with Crippen LogP contribution in [0.2, 0.25) is 5.02 Å². The van der Waals surface area contributed by atoms with E-state index < -0.39 is 0 Å². The summed E-state index contributed by atoms with van der Waals surface area (Å²) in [5, 5.41) is 16.9. The van der Waals surface area contributed by atoms with Gasteiger partial charge in [0.1, 0.15) is 17.6 Å². The van der Waals surface area contributed by atoms with Crippen molar-refractivity contribution in [2.45, 2.75) is 45.3 Å². The van der Waals surface area contributed by atoms with Crippen LogP contribution in [0.3, 0.4) is 0 Å². The van der Waals surface area contributed by atoms with Crippen LogP contribution in [-0.4, -0.2) is 31.3 Å². The molecule has 0 saturated heterocycles. The molecule has 1 aliphatic heterocycles. The second kappa shape index (κ2) is 8.10. The predicted molar refractivity (Wildman–Crippen MR) is 109 cm³/mol. The van der Waals surface area contributed by atoms with Crippen LogP contribution >= 0.6 is 11.6 Å². The van der Waals surface area contributed by atoms with Crippen LogP contribution < -0.4 is 5.32 Å². The van der Waals surface area contributed by atoms with Crippen LogP contribution in [-0.2, 0) is 19.5 Å². The lowest BCUT2D eigenvalue weighted by molar-refractivity contribution is 0.0931. The van der Waals surface area contributed by atoms with E-state index in [0.29, 0.717) is 22.8 Å². The van der Waals surface area contributed by atoms with Crippen molar-refractivity contribution in [1.29, 1.82) is 5.26 Å². The van der Waals surface area contributed by atoms with Gasteiger partial charge in [-0.15, -0.1) is 0 Å². The number of hydrogen-bond acceptors (Lipinski definition) is 4. The van der Waals surface area contributed by atoms with Crippen LogP contribution in [0.5, 0.6) is 0 Å². The van der Waals surface area contributed by atoms with Crippen LogP contribution in [0.15, 0.2) is 36.7 Å². The molecule has 1 atom stereocenters. The van der Waals surface area contributed by atoms with Crippen molar-refractivity contribution in [3.8, 4) is 17.3 Å². The number of nitrogens with one attached hydrogen (secondary N) is 1. The third-order valence-corrected chi connectivity index (χ3v) is 5.32. The molecular formula is C21H21ClN6O. The molecule has 0 saturated carbocycles. The number of amides is 1. The number of carbonyl (C=O) groups excluding carboxylic acids is 1. The van der Waals surface area contributed by atoms with Gasteiger partial charge in [-0.2, -0.15) is 10.4 Å². The Kier molecular flexibility index (Phi) is 5.36. The van der Waals surface area contributed by atoms with Gasteiger partial charge in [0.2, 0.25) is 0 Å². The molecule has 1 aromatic carbocycles. The predicted octanol–water partition coefficient (Wildman–Crippen LogP) is 3.43. The highest BCUT2D eigenvalue weighted by atomic mass is 35.5. The van der Waals surface area contributed by atoms with Gasteiger partial charge >= 0.3 is 0 Å². The Morgan fingerprint density at radius 2 is 2.24 bits per heavy atom. The van der Waals surface area contributed by atoms with Crippen LogP contribution in [0, 0.1) is 11.3 Å². The van der Waals surface area contributed by atoms with Crippen molar-refractivity contribution in [1.82, 2.24) is 24.6 Å². The summed E-state index contributed by atoms with van der Waals surface area (Å²) in [5.74, 6) is 0.831. The maximum absolute atomic E-state index is 12.5. The van der Waals surface area contributed by atoms with Gasteiger partial charge in [-0.1, -0.05) is 17.7 Å². The van der Waals surface area contributed by atoms with Gasteiger partial charge in [0.15, 0.2) is 0 Å². The van der Waals surface area contributed by atoms with Gasteiger partial charge in [0.05, 0.1) is 22.8 Å². The lowest BCUT2D eigenvalue weighted by Crippen LogP contribution is -2.36. The molecule has 2 aromatic heterocycles. The molecule has 1 N–H and O–H groups in total. The van der Waals surface area contributed by atoms with E-state index in [-0.39, 0.29) is 11.9 Å². The SMILES string of the molecule is CC(Cn1ccc(-c2ccc(C#N)c(Cl)c2)n1)NC(=O)c1cn2c(n1)CCCC2. The van der Waals surface area contributed by atoms with Gasteiger partial charge in [0, 0.05) is 37.0 Å². The van der Waals surface area contributed by atoms with Gasteiger partial charge < -0.3 is 9.88 Å². The Hall–Kier alpha value is -3.11. The van der Waals surface area contributed by atoms with Crippen LogP contribution in [0.25, 0.3) is 11.3 Å². The average Bonchev–Trinajstić information content (AvgIpc) is 3.34. The molecule has 1 aliphatic rings. The number of nitriles is 1. The van der Waals surface area contributed by atoms with E-state index in [1.807, 2.05) is 37.5 Å². The van der Waals surface area contributed by atoms with Crippen LogP contribution in [0.4, 0.5) is 0 Å². The van der Waals surface area contributed by atoms with E-state index in [0.717, 1.165) is 42.9 Å². The molecular weight excluding hydrogens is 388 g/mol. The first-order chi connectivity index (χ1) is 14.0. The second-order valence-corrected chi connectivity index (χ2v) is 7.70. The summed E-state index contributed by atoms with van der Waals surface area (Å²) in [5.41, 5.74) is 2.51. The third-order valence-electron chi connectivity index (χ3n) is 5.01. The minimum absolute atomic E-state index is 0.112. The maximum Gasteiger partial charge on any atom is 0.271 e. The van der Waals surface area contributed by atoms with E-state index in [4.69, 9.17) is 16.9 Å². The molecule has 0 aliphatic carbocycles. The number of hydrogen-bond donors (Lipinski definition) is 1. The molecule has 7 nitrogen and oxygen atoms in total. The maximum atomic E-state index is 12.5. The highest BCUT2D eigenvalue weighted by molar-refractivity contribution is 6.32. The summed E-state index contributed by atoms with van der Waals surface area (Å²) in [6.45, 7) is 3.40. The Morgan fingerprint density at radius 1 is 1.38 bits per heavy atom. The fourth-order valence-electron chi connectivity index (χ4n) is 3.53. The monoisotopic (exact) mass is 408 g/mol. The zero-order valence-corrected chi connectivity index (χ0v) is 16.9. The normalized spacial score (nSPS) is 14.1. The Bertz CT molecular complexity index is 1070. The lowest BCUT2D eigenvalue weighted by Gasteiger charge is -2.13. The standard InChI is InChI=1S/C21H21ClN6O/c1-14(24-21(29)19-13-27-8-3-2-4-20(27)25-19)12-28-9-7-18(26-28)15-5-6-16(11-23)17(22)10-15/h5-7,9-10,13-14H,2-4,8,12H2,1H3,(H,24,29). The van der Waals surface area contributed by atoms with E-state index in [2.05, 4.69) is 20.0 Å². The summed E-state index contributed by atoms with van der Waals surface area (Å²) in [6.07, 6.45) is 6.89. The van der Waals surface area contributed by atoms with Gasteiger partial charge in [-0.05, 0) is 38.0 Å². The van der Waals surface area contributed by atoms with Gasteiger partial charge in [-0.3, -0.25) is 9.48 Å². The highest BCUT2D eigenvalue weighted by Gasteiger charge is 2.18. The summed E-state index contributed by atoms with van der Waals surface area (Å²) >= 11 is 6.11. The summed E-state index contributed by atoms with van der Waals surface area (Å²) in [4.78, 5) is 17.0. The number of aromatic nitrogens is 4. The molecule has 0 fully saturated rings. The zero-order valence-electron chi connectivity index (χ0n) is 16.1. The summed E-state index contributed by atoms with van der Waals surface area (Å²) in [6, 6.07) is 9.06. The Labute approximate surface area is 173 Å². The summed E-state index contributed by atoms with van der Waals surface area (Å²) < 4.78 is 3.86. The minimum atomic E-state index is -0.161. The molecule has 3 heterocycles. The molecule has 0 spiro atoms. The number of carbonyl (C=O) groups is 1. The largest absolute Gasteiger partial charge is 0.346 e. The summed E-state index contributed by atoms with van der Waals surface area (Å²) in [7, 11) is 0. The van der Waals surface area contributed by atoms with E-state index in [9.17, 15) is 4.79 Å². The molecule has 3 aromatic rings. The highest BCUT2D eigenvalue weighted by Crippen LogP contribution is 2.24. The third kappa shape index (κ3) is 4.17. The number of imidazole rings is 1. The minimum Gasteiger partial charge on any atom is -0.346 e. The molecule has 1 amide bonds. The number of fused-ring (bicyclic) bond motifs is 1. The number of benzene rings is 1. The fourth-order valence-corrected chi connectivity index (χ4v) is 3.75. The number of halogens is 1. The number of aryl methyl sites for hydroxylation is 2. The Morgan fingerprint density at radius 3 is 3.00 bits per heavy atom. The van der Waals surface area contributed by atoms with Gasteiger partial charge in [0.25, 0.3) is 5.91 Å².